The SMILES string of the molecule is CC(C)n1cc([C@]2(O)CCCN(Cc3cncn3C)C2)nn1. The number of hydrogen-bond acceptors (Lipinski definition) is 5. The van der Waals surface area contributed by atoms with Crippen molar-refractivity contribution in [3.63, 3.8) is 0 Å². The van der Waals surface area contributed by atoms with Gasteiger partial charge in [-0.1, -0.05) is 5.21 Å². The molecule has 2 aromatic heterocycles. The number of aliphatic hydroxyl groups is 1. The summed E-state index contributed by atoms with van der Waals surface area (Å²) in [5.74, 6) is 0. The largest absolute Gasteiger partial charge is 0.382 e. The zero-order chi connectivity index (χ0) is 15.7. The quantitative estimate of drug-likeness (QED) is 0.915. The lowest BCUT2D eigenvalue weighted by atomic mass is 9.90. The average molecular weight is 304 g/mol. The molecule has 0 saturated carbocycles. The van der Waals surface area contributed by atoms with E-state index < -0.39 is 5.60 Å². The Morgan fingerprint density at radius 1 is 1.41 bits per heavy atom. The molecule has 1 saturated heterocycles. The maximum atomic E-state index is 11.0. The van der Waals surface area contributed by atoms with E-state index in [4.69, 9.17) is 0 Å². The summed E-state index contributed by atoms with van der Waals surface area (Å²) >= 11 is 0. The van der Waals surface area contributed by atoms with Crippen LogP contribution in [-0.2, 0) is 19.2 Å². The molecule has 0 spiro atoms. The Morgan fingerprint density at radius 2 is 2.23 bits per heavy atom. The minimum absolute atomic E-state index is 0.249. The molecule has 120 valence electrons. The van der Waals surface area contributed by atoms with E-state index in [1.807, 2.05) is 24.0 Å². The number of β-amino-alcohol motifs (C(OH)–C–C–N with tert-alkyl or cyclic N) is 1. The summed E-state index contributed by atoms with van der Waals surface area (Å²) in [6.07, 6.45) is 7.23. The third-order valence-electron chi connectivity index (χ3n) is 4.37. The molecule has 0 bridgehead atoms. The van der Waals surface area contributed by atoms with Crippen molar-refractivity contribution in [1.29, 1.82) is 0 Å². The Morgan fingerprint density at radius 3 is 2.86 bits per heavy atom. The molecule has 3 rings (SSSR count). The van der Waals surface area contributed by atoms with Crippen LogP contribution in [0.4, 0.5) is 0 Å². The maximum absolute atomic E-state index is 11.0. The highest BCUT2D eigenvalue weighted by molar-refractivity contribution is 5.10. The van der Waals surface area contributed by atoms with E-state index in [9.17, 15) is 5.11 Å². The van der Waals surface area contributed by atoms with E-state index >= 15 is 0 Å². The third-order valence-corrected chi connectivity index (χ3v) is 4.37. The highest BCUT2D eigenvalue weighted by Crippen LogP contribution is 2.31. The number of likely N-dealkylation sites (tertiary alicyclic amines) is 1. The second kappa shape index (κ2) is 5.81. The van der Waals surface area contributed by atoms with Gasteiger partial charge >= 0.3 is 0 Å². The lowest BCUT2D eigenvalue weighted by Gasteiger charge is -2.37. The van der Waals surface area contributed by atoms with Crippen LogP contribution in [0.2, 0.25) is 0 Å². The molecule has 1 aliphatic heterocycles. The van der Waals surface area contributed by atoms with Gasteiger partial charge in [0.15, 0.2) is 0 Å². The first kappa shape index (κ1) is 15.2. The number of piperidine rings is 1. The van der Waals surface area contributed by atoms with Crippen LogP contribution in [0.5, 0.6) is 0 Å². The Bertz CT molecular complexity index is 634. The first-order valence-corrected chi connectivity index (χ1v) is 7.80. The van der Waals surface area contributed by atoms with Crippen LogP contribution in [0, 0.1) is 0 Å². The van der Waals surface area contributed by atoms with E-state index in [-0.39, 0.29) is 6.04 Å². The molecule has 22 heavy (non-hydrogen) atoms. The second-order valence-corrected chi connectivity index (χ2v) is 6.52. The molecule has 1 atom stereocenters. The van der Waals surface area contributed by atoms with Gasteiger partial charge < -0.3 is 9.67 Å². The molecule has 1 N–H and O–H groups in total. The van der Waals surface area contributed by atoms with Gasteiger partial charge in [0.05, 0.1) is 18.2 Å². The fraction of sp³-hybridized carbons (Fsp3) is 0.667. The van der Waals surface area contributed by atoms with Gasteiger partial charge in [0, 0.05) is 32.4 Å². The molecule has 0 unspecified atom stereocenters. The number of aryl methyl sites for hydroxylation is 1. The molecule has 1 fully saturated rings. The van der Waals surface area contributed by atoms with Gasteiger partial charge in [-0.15, -0.1) is 5.10 Å². The van der Waals surface area contributed by atoms with Crippen LogP contribution in [0.3, 0.4) is 0 Å². The molecule has 2 aromatic rings. The van der Waals surface area contributed by atoms with Crippen molar-refractivity contribution in [3.05, 3.63) is 30.1 Å². The molecule has 0 aromatic carbocycles. The van der Waals surface area contributed by atoms with Gasteiger partial charge in [0.1, 0.15) is 11.3 Å². The van der Waals surface area contributed by atoms with Gasteiger partial charge in [-0.05, 0) is 33.2 Å². The van der Waals surface area contributed by atoms with Gasteiger partial charge in [0.2, 0.25) is 0 Å². The molecule has 7 nitrogen and oxygen atoms in total. The zero-order valence-corrected chi connectivity index (χ0v) is 13.5. The van der Waals surface area contributed by atoms with E-state index in [1.165, 1.54) is 0 Å². The van der Waals surface area contributed by atoms with Crippen LogP contribution in [0.1, 0.15) is 44.1 Å². The molecule has 7 heteroatoms. The van der Waals surface area contributed by atoms with Crippen molar-refractivity contribution in [2.75, 3.05) is 13.1 Å². The Kier molecular flexibility index (Phi) is 4.01. The normalized spacial score (nSPS) is 23.3. The highest BCUT2D eigenvalue weighted by atomic mass is 16.3. The topological polar surface area (TPSA) is 72.0 Å². The molecular weight excluding hydrogens is 280 g/mol. The Labute approximate surface area is 130 Å². The maximum Gasteiger partial charge on any atom is 0.123 e. The van der Waals surface area contributed by atoms with Crippen LogP contribution in [0.15, 0.2) is 18.7 Å². The molecule has 1 aliphatic rings. The number of nitrogens with zero attached hydrogens (tertiary/aromatic N) is 6. The average Bonchev–Trinajstić information content (AvgIpc) is 3.09. The lowest BCUT2D eigenvalue weighted by Crippen LogP contribution is -2.46. The Hall–Kier alpha value is -1.73. The zero-order valence-electron chi connectivity index (χ0n) is 13.5. The molecule has 0 aliphatic carbocycles. The highest BCUT2D eigenvalue weighted by Gasteiger charge is 2.37. The molecule has 0 radical (unpaired) electrons. The minimum atomic E-state index is -0.913. The van der Waals surface area contributed by atoms with Crippen molar-refractivity contribution in [1.82, 2.24) is 29.4 Å². The van der Waals surface area contributed by atoms with E-state index in [2.05, 4.69) is 34.0 Å². The Balaban J connectivity index is 1.74. The second-order valence-electron chi connectivity index (χ2n) is 6.52. The lowest BCUT2D eigenvalue weighted by molar-refractivity contribution is -0.0419. The first-order valence-electron chi connectivity index (χ1n) is 7.80. The van der Waals surface area contributed by atoms with Crippen molar-refractivity contribution in [3.8, 4) is 0 Å². The summed E-state index contributed by atoms with van der Waals surface area (Å²) in [6, 6.07) is 0.249. The minimum Gasteiger partial charge on any atom is -0.382 e. The van der Waals surface area contributed by atoms with Crippen molar-refractivity contribution in [2.45, 2.75) is 44.9 Å². The summed E-state index contributed by atoms with van der Waals surface area (Å²) in [6.45, 7) is 6.45. The van der Waals surface area contributed by atoms with Crippen LogP contribution >= 0.6 is 0 Å². The van der Waals surface area contributed by atoms with Crippen molar-refractivity contribution >= 4 is 0 Å². The molecular formula is C15H24N6O. The van der Waals surface area contributed by atoms with Crippen LogP contribution in [0.25, 0.3) is 0 Å². The molecule has 0 amide bonds. The van der Waals surface area contributed by atoms with Gasteiger partial charge in [0.25, 0.3) is 0 Å². The number of imidazole rings is 1. The summed E-state index contributed by atoms with van der Waals surface area (Å²) in [5.41, 5.74) is 0.912. The fourth-order valence-electron chi connectivity index (χ4n) is 2.98. The van der Waals surface area contributed by atoms with Crippen LogP contribution < -0.4 is 0 Å². The smallest absolute Gasteiger partial charge is 0.123 e. The van der Waals surface area contributed by atoms with Crippen molar-refractivity contribution < 1.29 is 5.11 Å². The van der Waals surface area contributed by atoms with Gasteiger partial charge in [-0.3, -0.25) is 4.90 Å². The first-order chi connectivity index (χ1) is 10.5. The summed E-state index contributed by atoms with van der Waals surface area (Å²) in [5, 5.41) is 19.4. The number of rotatable bonds is 4. The summed E-state index contributed by atoms with van der Waals surface area (Å²) in [7, 11) is 1.99. The predicted molar refractivity (Wildman–Crippen MR) is 82.0 cm³/mol. The number of aromatic nitrogens is 5. The fourth-order valence-corrected chi connectivity index (χ4v) is 2.98. The predicted octanol–water partition coefficient (Wildman–Crippen LogP) is 1.08. The van der Waals surface area contributed by atoms with Crippen LogP contribution in [-0.4, -0.2) is 47.6 Å². The third kappa shape index (κ3) is 2.91. The molecule has 3 heterocycles. The summed E-state index contributed by atoms with van der Waals surface area (Å²) in [4.78, 5) is 6.41. The van der Waals surface area contributed by atoms with Gasteiger partial charge in [-0.25, -0.2) is 9.67 Å². The van der Waals surface area contributed by atoms with Crippen molar-refractivity contribution in [2.24, 2.45) is 7.05 Å². The summed E-state index contributed by atoms with van der Waals surface area (Å²) < 4.78 is 3.82. The van der Waals surface area contributed by atoms with E-state index in [0.717, 1.165) is 31.6 Å². The van der Waals surface area contributed by atoms with E-state index in [0.29, 0.717) is 12.2 Å². The van der Waals surface area contributed by atoms with E-state index in [1.54, 1.807) is 11.0 Å². The van der Waals surface area contributed by atoms with Gasteiger partial charge in [-0.2, -0.15) is 0 Å². The standard InChI is InChI=1S/C15H24N6O/c1-12(2)21-9-14(17-18-21)15(22)5-4-6-20(10-15)8-13-7-16-11-19(13)3/h7,9,11-12,22H,4-6,8,10H2,1-3H3/t15-/m0/s1. The monoisotopic (exact) mass is 304 g/mol. The number of hydrogen-bond donors (Lipinski definition) is 1.